The number of carbonyl (C=O) groups excluding carboxylic acids is 1. The molecule has 0 aromatic rings. The minimum Gasteiger partial charge on any atom is -0.444 e. The quantitative estimate of drug-likeness (QED) is 0.633. The summed E-state index contributed by atoms with van der Waals surface area (Å²) in [6, 6.07) is 0. The molecule has 0 spiro atoms. The molecule has 4 heteroatoms. The van der Waals surface area contributed by atoms with Gasteiger partial charge in [-0.2, -0.15) is 0 Å². The Morgan fingerprint density at radius 3 is 2.25 bits per heavy atom. The molecule has 0 aliphatic carbocycles. The summed E-state index contributed by atoms with van der Waals surface area (Å²) in [5, 5.41) is 10.2. The fraction of sp³-hybridized carbons (Fsp3) is 0.875. The van der Waals surface area contributed by atoms with E-state index in [0.717, 1.165) is 0 Å². The first-order valence-electron chi connectivity index (χ1n) is 3.89. The van der Waals surface area contributed by atoms with Crippen molar-refractivity contribution in [1.29, 1.82) is 0 Å². The smallest absolute Gasteiger partial charge is 0.410 e. The van der Waals surface area contributed by atoms with Crippen molar-refractivity contribution in [2.75, 3.05) is 20.2 Å². The van der Waals surface area contributed by atoms with Gasteiger partial charge < -0.3 is 9.64 Å². The molecule has 0 fully saturated rings. The highest BCUT2D eigenvalue weighted by Gasteiger charge is 2.18. The molecule has 1 radical (unpaired) electrons. The Bertz CT molecular complexity index is 151. The van der Waals surface area contributed by atoms with E-state index in [4.69, 9.17) is 4.74 Å². The lowest BCUT2D eigenvalue weighted by Gasteiger charge is -2.23. The first-order valence-corrected chi connectivity index (χ1v) is 3.89. The van der Waals surface area contributed by atoms with Gasteiger partial charge in [0.15, 0.2) is 0 Å². The Labute approximate surface area is 73.1 Å². The van der Waals surface area contributed by atoms with Gasteiger partial charge >= 0.3 is 6.09 Å². The molecule has 0 aromatic carbocycles. The van der Waals surface area contributed by atoms with Crippen molar-refractivity contribution in [2.24, 2.45) is 0 Å². The van der Waals surface area contributed by atoms with Crippen LogP contribution in [0, 0.1) is 0 Å². The van der Waals surface area contributed by atoms with Crippen molar-refractivity contribution in [3.05, 3.63) is 0 Å². The number of likely N-dealkylation sites (N-methyl/N-ethyl adjacent to an activating group) is 1. The van der Waals surface area contributed by atoms with Crippen molar-refractivity contribution in [3.8, 4) is 0 Å². The normalized spacial score (nSPS) is 11.1. The number of carbonyl (C=O) groups is 1. The molecule has 71 valence electrons. The summed E-state index contributed by atoms with van der Waals surface area (Å²) in [7, 11) is 1.55. The molecule has 12 heavy (non-hydrogen) atoms. The van der Waals surface area contributed by atoms with Gasteiger partial charge in [0.25, 0.3) is 0 Å². The zero-order valence-electron chi connectivity index (χ0n) is 8.09. The predicted molar refractivity (Wildman–Crippen MR) is 44.4 cm³/mol. The van der Waals surface area contributed by atoms with Crippen LogP contribution in [0.1, 0.15) is 20.8 Å². The summed E-state index contributed by atoms with van der Waals surface area (Å²) in [5.41, 5.74) is -0.492. The van der Waals surface area contributed by atoms with Crippen LogP contribution in [0.25, 0.3) is 0 Å². The minimum atomic E-state index is -0.492. The maximum atomic E-state index is 11.1. The maximum Gasteiger partial charge on any atom is 0.410 e. The van der Waals surface area contributed by atoms with Gasteiger partial charge in [0, 0.05) is 7.05 Å². The van der Waals surface area contributed by atoms with Crippen LogP contribution in [0.3, 0.4) is 0 Å². The summed E-state index contributed by atoms with van der Waals surface area (Å²) < 4.78 is 5.00. The van der Waals surface area contributed by atoms with Crippen LogP contribution in [0.5, 0.6) is 0 Å². The Balaban J connectivity index is 3.87. The van der Waals surface area contributed by atoms with Crippen LogP contribution >= 0.6 is 0 Å². The second-order valence-electron chi connectivity index (χ2n) is 3.61. The van der Waals surface area contributed by atoms with Crippen molar-refractivity contribution in [2.45, 2.75) is 26.4 Å². The molecule has 0 unspecified atom stereocenters. The predicted octanol–water partition coefficient (Wildman–Crippen LogP) is 1.28. The fourth-order valence-corrected chi connectivity index (χ4v) is 0.568. The molecule has 0 N–H and O–H groups in total. The molecular formula is C8H16NO3. The number of hydrogen-bond acceptors (Lipinski definition) is 2. The van der Waals surface area contributed by atoms with Gasteiger partial charge in [0.1, 0.15) is 5.60 Å². The summed E-state index contributed by atoms with van der Waals surface area (Å²) >= 11 is 0. The third-order valence-corrected chi connectivity index (χ3v) is 1.13. The van der Waals surface area contributed by atoms with E-state index in [0.29, 0.717) is 0 Å². The average molecular weight is 174 g/mol. The van der Waals surface area contributed by atoms with Gasteiger partial charge in [-0.25, -0.2) is 9.90 Å². The van der Waals surface area contributed by atoms with Gasteiger partial charge in [-0.1, -0.05) is 0 Å². The molecule has 0 aliphatic rings. The number of nitrogens with zero attached hydrogens (tertiary/aromatic N) is 1. The van der Waals surface area contributed by atoms with Crippen molar-refractivity contribution in [3.63, 3.8) is 0 Å². The standard InChI is InChI=1S/C8H16NO3/c1-8(2,3)12-7(11)9(4)5-6-10/h5-6H2,1-4H3. The number of rotatable bonds is 2. The highest BCUT2D eigenvalue weighted by molar-refractivity contribution is 5.67. The average Bonchev–Trinajstić information content (AvgIpc) is 1.84. The Morgan fingerprint density at radius 2 is 1.92 bits per heavy atom. The van der Waals surface area contributed by atoms with E-state index in [-0.39, 0.29) is 13.2 Å². The lowest BCUT2D eigenvalue weighted by molar-refractivity contribution is 0.0247. The molecule has 0 bridgehead atoms. The maximum absolute atomic E-state index is 11.1. The Morgan fingerprint density at radius 1 is 1.42 bits per heavy atom. The van der Waals surface area contributed by atoms with Crippen molar-refractivity contribution in [1.82, 2.24) is 4.90 Å². The second-order valence-corrected chi connectivity index (χ2v) is 3.61. The zero-order valence-corrected chi connectivity index (χ0v) is 8.09. The molecule has 0 heterocycles. The Kier molecular flexibility index (Phi) is 4.03. The highest BCUT2D eigenvalue weighted by Crippen LogP contribution is 2.08. The van der Waals surface area contributed by atoms with E-state index in [1.165, 1.54) is 4.90 Å². The molecule has 0 aromatic heterocycles. The molecule has 0 saturated carbocycles. The largest absolute Gasteiger partial charge is 0.444 e. The SMILES string of the molecule is CN(CC[O])C(=O)OC(C)(C)C. The molecule has 0 saturated heterocycles. The van der Waals surface area contributed by atoms with E-state index >= 15 is 0 Å². The number of amides is 1. The van der Waals surface area contributed by atoms with E-state index in [9.17, 15) is 9.90 Å². The third-order valence-electron chi connectivity index (χ3n) is 1.13. The first kappa shape index (κ1) is 11.2. The van der Waals surface area contributed by atoms with E-state index < -0.39 is 11.7 Å². The van der Waals surface area contributed by atoms with Crippen LogP contribution in [-0.4, -0.2) is 36.8 Å². The molecule has 0 atom stereocenters. The lowest BCUT2D eigenvalue weighted by atomic mass is 10.2. The Hall–Kier alpha value is -0.770. The summed E-state index contributed by atoms with van der Waals surface area (Å²) in [5.74, 6) is 0. The highest BCUT2D eigenvalue weighted by atomic mass is 16.6. The summed E-state index contributed by atoms with van der Waals surface area (Å²) in [4.78, 5) is 12.4. The van der Waals surface area contributed by atoms with Gasteiger partial charge in [0.2, 0.25) is 0 Å². The van der Waals surface area contributed by atoms with Crippen LogP contribution < -0.4 is 0 Å². The van der Waals surface area contributed by atoms with Crippen LogP contribution in [0.15, 0.2) is 0 Å². The van der Waals surface area contributed by atoms with Gasteiger partial charge in [-0.05, 0) is 20.8 Å². The van der Waals surface area contributed by atoms with E-state index in [1.807, 2.05) is 0 Å². The summed E-state index contributed by atoms with van der Waals surface area (Å²) in [6.07, 6.45) is -0.446. The van der Waals surface area contributed by atoms with Gasteiger partial charge in [-0.15, -0.1) is 0 Å². The van der Waals surface area contributed by atoms with Gasteiger partial charge in [0.05, 0.1) is 13.2 Å². The molecule has 4 nitrogen and oxygen atoms in total. The van der Waals surface area contributed by atoms with Crippen LogP contribution in [-0.2, 0) is 9.84 Å². The minimum absolute atomic E-state index is 0.189. The third kappa shape index (κ3) is 4.96. The lowest BCUT2D eigenvalue weighted by Crippen LogP contribution is -2.35. The van der Waals surface area contributed by atoms with Crippen molar-refractivity contribution < 1.29 is 14.6 Å². The first-order chi connectivity index (χ1) is 5.37. The topological polar surface area (TPSA) is 49.4 Å². The zero-order chi connectivity index (χ0) is 9.78. The number of ether oxygens (including phenoxy) is 1. The molecule has 0 rings (SSSR count). The van der Waals surface area contributed by atoms with Crippen molar-refractivity contribution >= 4 is 6.09 Å². The van der Waals surface area contributed by atoms with Crippen LogP contribution in [0.2, 0.25) is 0 Å². The van der Waals surface area contributed by atoms with Gasteiger partial charge in [-0.3, -0.25) is 0 Å². The fourth-order valence-electron chi connectivity index (χ4n) is 0.568. The van der Waals surface area contributed by atoms with E-state index in [2.05, 4.69) is 0 Å². The molecule has 1 amide bonds. The van der Waals surface area contributed by atoms with E-state index in [1.54, 1.807) is 27.8 Å². The number of hydrogen-bond donors (Lipinski definition) is 0. The monoisotopic (exact) mass is 174 g/mol. The summed E-state index contributed by atoms with van der Waals surface area (Å²) in [6.45, 7) is 5.26. The molecule has 0 aliphatic heterocycles. The molecular weight excluding hydrogens is 158 g/mol. The second kappa shape index (κ2) is 4.30. The van der Waals surface area contributed by atoms with Crippen LogP contribution in [0.4, 0.5) is 4.79 Å².